The van der Waals surface area contributed by atoms with Gasteiger partial charge in [0.05, 0.1) is 0 Å². The molecule has 0 fully saturated rings. The van der Waals surface area contributed by atoms with Gasteiger partial charge >= 0.3 is 0 Å². The normalized spacial score (nSPS) is 14.8. The van der Waals surface area contributed by atoms with Crippen molar-refractivity contribution in [3.63, 3.8) is 0 Å². The summed E-state index contributed by atoms with van der Waals surface area (Å²) >= 11 is 0. The highest BCUT2D eigenvalue weighted by Gasteiger charge is 2.19. The summed E-state index contributed by atoms with van der Waals surface area (Å²) in [6, 6.07) is 0.472. The fourth-order valence-corrected chi connectivity index (χ4v) is 1.97. The van der Waals surface area contributed by atoms with E-state index in [1.165, 1.54) is 19.3 Å². The summed E-state index contributed by atoms with van der Waals surface area (Å²) in [6.07, 6.45) is 4.89. The van der Waals surface area contributed by atoms with Gasteiger partial charge in [-0.15, -0.1) is 0 Å². The van der Waals surface area contributed by atoms with Crippen LogP contribution in [0.15, 0.2) is 0 Å². The van der Waals surface area contributed by atoms with Gasteiger partial charge in [0.2, 0.25) is 0 Å². The summed E-state index contributed by atoms with van der Waals surface area (Å²) in [5.74, 6) is 6.41. The third kappa shape index (κ3) is 6.39. The molecular formula is C12H28N2. The Labute approximate surface area is 89.6 Å². The van der Waals surface area contributed by atoms with Crippen LogP contribution in [0.3, 0.4) is 0 Å². The molecule has 0 aromatic rings. The Morgan fingerprint density at radius 1 is 1.14 bits per heavy atom. The molecule has 0 aliphatic heterocycles. The SMILES string of the molecule is CCC(CC)CC(CC(C)(C)C)NN. The van der Waals surface area contributed by atoms with Gasteiger partial charge in [0.25, 0.3) is 0 Å². The predicted octanol–water partition coefficient (Wildman–Crippen LogP) is 3.08. The molecule has 0 aromatic carbocycles. The minimum absolute atomic E-state index is 0.364. The average molecular weight is 200 g/mol. The molecule has 2 nitrogen and oxygen atoms in total. The first kappa shape index (κ1) is 13.9. The maximum absolute atomic E-state index is 5.59. The van der Waals surface area contributed by atoms with Gasteiger partial charge in [-0.2, -0.15) is 0 Å². The summed E-state index contributed by atoms with van der Waals surface area (Å²) in [5.41, 5.74) is 3.32. The van der Waals surface area contributed by atoms with Crippen molar-refractivity contribution >= 4 is 0 Å². The fourth-order valence-electron chi connectivity index (χ4n) is 1.97. The first-order valence-corrected chi connectivity index (χ1v) is 5.89. The molecule has 0 heterocycles. The highest BCUT2D eigenvalue weighted by molar-refractivity contribution is 4.75. The van der Waals surface area contributed by atoms with Crippen LogP contribution in [0.1, 0.15) is 60.3 Å². The Hall–Kier alpha value is -0.0800. The van der Waals surface area contributed by atoms with E-state index in [1.54, 1.807) is 0 Å². The molecule has 0 aliphatic carbocycles. The van der Waals surface area contributed by atoms with E-state index in [4.69, 9.17) is 5.84 Å². The zero-order valence-electron chi connectivity index (χ0n) is 10.6. The standard InChI is InChI=1S/C12H28N2/c1-6-10(7-2)8-11(14-13)9-12(3,4)5/h10-11,14H,6-9,13H2,1-5H3. The molecule has 3 N–H and O–H groups in total. The van der Waals surface area contributed by atoms with Crippen molar-refractivity contribution in [3.8, 4) is 0 Å². The third-order valence-corrected chi connectivity index (χ3v) is 2.87. The van der Waals surface area contributed by atoms with Gasteiger partial charge in [-0.3, -0.25) is 11.3 Å². The molecule has 0 saturated heterocycles. The average Bonchev–Trinajstić information content (AvgIpc) is 2.10. The number of rotatable bonds is 6. The second-order valence-electron chi connectivity index (χ2n) is 5.55. The maximum atomic E-state index is 5.59. The van der Waals surface area contributed by atoms with Crippen LogP contribution in [0.25, 0.3) is 0 Å². The van der Waals surface area contributed by atoms with E-state index in [0.717, 1.165) is 12.3 Å². The third-order valence-electron chi connectivity index (χ3n) is 2.87. The lowest BCUT2D eigenvalue weighted by molar-refractivity contribution is 0.268. The van der Waals surface area contributed by atoms with E-state index >= 15 is 0 Å². The molecular weight excluding hydrogens is 172 g/mol. The molecule has 1 atom stereocenters. The Morgan fingerprint density at radius 2 is 1.64 bits per heavy atom. The molecule has 86 valence electrons. The van der Waals surface area contributed by atoms with Gasteiger partial charge in [-0.25, -0.2) is 0 Å². The zero-order chi connectivity index (χ0) is 11.2. The van der Waals surface area contributed by atoms with Crippen molar-refractivity contribution in [2.45, 2.75) is 66.3 Å². The number of nitrogens with two attached hydrogens (primary N) is 1. The zero-order valence-corrected chi connectivity index (χ0v) is 10.6. The Kier molecular flexibility index (Phi) is 6.38. The van der Waals surface area contributed by atoms with Crippen LogP contribution < -0.4 is 11.3 Å². The minimum atomic E-state index is 0.364. The smallest absolute Gasteiger partial charge is 0.0218 e. The topological polar surface area (TPSA) is 38.0 Å². The van der Waals surface area contributed by atoms with Crippen molar-refractivity contribution in [2.75, 3.05) is 0 Å². The van der Waals surface area contributed by atoms with E-state index in [-0.39, 0.29) is 0 Å². The van der Waals surface area contributed by atoms with Crippen LogP contribution >= 0.6 is 0 Å². The lowest BCUT2D eigenvalue weighted by Crippen LogP contribution is -2.39. The molecule has 0 amide bonds. The Bertz CT molecular complexity index is 134. The first-order chi connectivity index (χ1) is 6.42. The van der Waals surface area contributed by atoms with Crippen LogP contribution in [-0.4, -0.2) is 6.04 Å². The van der Waals surface area contributed by atoms with Gasteiger partial charge < -0.3 is 0 Å². The second-order valence-corrected chi connectivity index (χ2v) is 5.55. The van der Waals surface area contributed by atoms with Gasteiger partial charge in [-0.05, 0) is 24.2 Å². The van der Waals surface area contributed by atoms with Crippen LogP contribution in [0.4, 0.5) is 0 Å². The van der Waals surface area contributed by atoms with Crippen molar-refractivity contribution in [1.29, 1.82) is 0 Å². The van der Waals surface area contributed by atoms with E-state index in [1.807, 2.05) is 0 Å². The maximum Gasteiger partial charge on any atom is 0.0218 e. The van der Waals surface area contributed by atoms with Crippen molar-refractivity contribution in [2.24, 2.45) is 17.2 Å². The first-order valence-electron chi connectivity index (χ1n) is 5.89. The van der Waals surface area contributed by atoms with Crippen LogP contribution in [0.2, 0.25) is 0 Å². The van der Waals surface area contributed by atoms with Gasteiger partial charge in [0.15, 0.2) is 0 Å². The lowest BCUT2D eigenvalue weighted by Gasteiger charge is -2.28. The van der Waals surface area contributed by atoms with E-state index < -0.39 is 0 Å². The molecule has 0 saturated carbocycles. The van der Waals surface area contributed by atoms with Crippen LogP contribution in [-0.2, 0) is 0 Å². The van der Waals surface area contributed by atoms with Gasteiger partial charge in [0, 0.05) is 6.04 Å². The lowest BCUT2D eigenvalue weighted by atomic mass is 9.84. The number of hydrazine groups is 1. The number of hydrogen-bond donors (Lipinski definition) is 2. The van der Waals surface area contributed by atoms with E-state index in [9.17, 15) is 0 Å². The van der Waals surface area contributed by atoms with Crippen LogP contribution in [0, 0.1) is 11.3 Å². The van der Waals surface area contributed by atoms with E-state index in [0.29, 0.717) is 11.5 Å². The molecule has 0 radical (unpaired) electrons. The van der Waals surface area contributed by atoms with Crippen LogP contribution in [0.5, 0.6) is 0 Å². The van der Waals surface area contributed by atoms with Gasteiger partial charge in [-0.1, -0.05) is 47.5 Å². The predicted molar refractivity (Wildman–Crippen MR) is 63.9 cm³/mol. The summed E-state index contributed by atoms with van der Waals surface area (Å²) in [7, 11) is 0. The Morgan fingerprint density at radius 3 is 1.93 bits per heavy atom. The molecule has 0 bridgehead atoms. The largest absolute Gasteiger partial charge is 0.271 e. The number of hydrogen-bond acceptors (Lipinski definition) is 2. The van der Waals surface area contributed by atoms with Crippen molar-refractivity contribution in [3.05, 3.63) is 0 Å². The highest BCUT2D eigenvalue weighted by atomic mass is 15.2. The Balaban J connectivity index is 4.01. The molecule has 2 heteroatoms. The monoisotopic (exact) mass is 200 g/mol. The molecule has 0 aliphatic rings. The summed E-state index contributed by atoms with van der Waals surface area (Å²) in [6.45, 7) is 11.3. The minimum Gasteiger partial charge on any atom is -0.271 e. The molecule has 14 heavy (non-hydrogen) atoms. The molecule has 0 spiro atoms. The number of nitrogens with one attached hydrogen (secondary N) is 1. The quantitative estimate of drug-likeness (QED) is 0.511. The fraction of sp³-hybridized carbons (Fsp3) is 1.00. The molecule has 0 aromatic heterocycles. The molecule has 0 rings (SSSR count). The summed E-state index contributed by atoms with van der Waals surface area (Å²) < 4.78 is 0. The second kappa shape index (κ2) is 6.41. The highest BCUT2D eigenvalue weighted by Crippen LogP contribution is 2.25. The summed E-state index contributed by atoms with van der Waals surface area (Å²) in [5, 5.41) is 0. The van der Waals surface area contributed by atoms with Crippen molar-refractivity contribution < 1.29 is 0 Å². The van der Waals surface area contributed by atoms with E-state index in [2.05, 4.69) is 40.0 Å². The van der Waals surface area contributed by atoms with Gasteiger partial charge in [0.1, 0.15) is 0 Å². The summed E-state index contributed by atoms with van der Waals surface area (Å²) in [4.78, 5) is 0. The van der Waals surface area contributed by atoms with Crippen molar-refractivity contribution in [1.82, 2.24) is 5.43 Å². The molecule has 1 unspecified atom stereocenters.